The highest BCUT2D eigenvalue weighted by atomic mass is 35.5. The highest BCUT2D eigenvalue weighted by Gasteiger charge is 2.29. The average molecular weight is 380 g/mol. The molecular formula is C20H30ClN3O2. The van der Waals surface area contributed by atoms with Gasteiger partial charge in [0.2, 0.25) is 5.91 Å². The lowest BCUT2D eigenvalue weighted by Crippen LogP contribution is -2.48. The lowest BCUT2D eigenvalue weighted by Gasteiger charge is -2.31. The second-order valence-electron chi connectivity index (χ2n) is 7.53. The van der Waals surface area contributed by atoms with E-state index in [4.69, 9.17) is 0 Å². The van der Waals surface area contributed by atoms with Crippen molar-refractivity contribution >= 4 is 29.9 Å². The topological polar surface area (TPSA) is 70.2 Å². The summed E-state index contributed by atoms with van der Waals surface area (Å²) in [5, 5.41) is 9.35. The van der Waals surface area contributed by atoms with Crippen molar-refractivity contribution in [2.75, 3.05) is 18.4 Å². The molecule has 1 unspecified atom stereocenters. The molecule has 1 atom stereocenters. The number of hydrogen-bond acceptors (Lipinski definition) is 3. The van der Waals surface area contributed by atoms with E-state index in [1.165, 1.54) is 19.3 Å². The van der Waals surface area contributed by atoms with Crippen LogP contribution in [0.2, 0.25) is 0 Å². The molecule has 1 aliphatic carbocycles. The number of carbonyl (C=O) groups is 2. The van der Waals surface area contributed by atoms with Crippen molar-refractivity contribution in [3.8, 4) is 0 Å². The molecular weight excluding hydrogens is 350 g/mol. The molecule has 0 bridgehead atoms. The van der Waals surface area contributed by atoms with Crippen molar-refractivity contribution in [3.63, 3.8) is 0 Å². The summed E-state index contributed by atoms with van der Waals surface area (Å²) in [6, 6.07) is 5.81. The van der Waals surface area contributed by atoms with Crippen LogP contribution in [0.4, 0.5) is 5.69 Å². The average Bonchev–Trinajstić information content (AvgIpc) is 2.55. The summed E-state index contributed by atoms with van der Waals surface area (Å²) < 4.78 is 0. The van der Waals surface area contributed by atoms with Gasteiger partial charge in [0.25, 0.3) is 5.91 Å². The summed E-state index contributed by atoms with van der Waals surface area (Å²) in [5.41, 5.74) is 2.37. The molecule has 2 aliphatic rings. The number of hydrogen-bond donors (Lipinski definition) is 3. The fraction of sp³-hybridized carbons (Fsp3) is 0.600. The highest BCUT2D eigenvalue weighted by Crippen LogP contribution is 2.22. The van der Waals surface area contributed by atoms with Crippen molar-refractivity contribution in [2.45, 2.75) is 52.0 Å². The Bertz CT molecular complexity index is 640. The van der Waals surface area contributed by atoms with Crippen LogP contribution in [-0.2, 0) is 4.79 Å². The molecule has 1 saturated carbocycles. The maximum Gasteiger partial charge on any atom is 0.251 e. The Morgan fingerprint density at radius 1 is 1.15 bits per heavy atom. The largest absolute Gasteiger partial charge is 0.349 e. The fourth-order valence-electron chi connectivity index (χ4n) is 3.59. The lowest BCUT2D eigenvalue weighted by molar-refractivity contribution is -0.121. The normalized spacial score (nSPS) is 19.0. The third-order valence-corrected chi connectivity index (χ3v) is 5.62. The molecule has 1 aromatic carbocycles. The Morgan fingerprint density at radius 2 is 1.85 bits per heavy atom. The van der Waals surface area contributed by atoms with Crippen molar-refractivity contribution in [3.05, 3.63) is 29.3 Å². The van der Waals surface area contributed by atoms with E-state index in [9.17, 15) is 9.59 Å². The summed E-state index contributed by atoms with van der Waals surface area (Å²) in [5.74, 6) is 0.451. The van der Waals surface area contributed by atoms with Gasteiger partial charge in [0, 0.05) is 23.2 Å². The Labute approximate surface area is 162 Å². The molecule has 1 heterocycles. The molecule has 0 aromatic heterocycles. The molecule has 1 aromatic rings. The maximum atomic E-state index is 12.4. The zero-order valence-corrected chi connectivity index (χ0v) is 16.5. The predicted molar refractivity (Wildman–Crippen MR) is 107 cm³/mol. The first-order valence-electron chi connectivity index (χ1n) is 9.47. The number of aryl methyl sites for hydroxylation is 1. The molecule has 0 spiro atoms. The summed E-state index contributed by atoms with van der Waals surface area (Å²) in [7, 11) is 0. The van der Waals surface area contributed by atoms with E-state index in [2.05, 4.69) is 16.0 Å². The van der Waals surface area contributed by atoms with Crippen LogP contribution in [0.1, 0.15) is 54.9 Å². The zero-order chi connectivity index (χ0) is 17.8. The Hall–Kier alpha value is -1.59. The lowest BCUT2D eigenvalue weighted by atomic mass is 9.88. The third-order valence-electron chi connectivity index (χ3n) is 5.62. The molecule has 2 fully saturated rings. The van der Waals surface area contributed by atoms with Crippen molar-refractivity contribution in [2.24, 2.45) is 11.8 Å². The molecule has 3 N–H and O–H groups in total. The predicted octanol–water partition coefficient (Wildman–Crippen LogP) is 3.27. The van der Waals surface area contributed by atoms with Crippen LogP contribution in [0.15, 0.2) is 18.2 Å². The number of rotatable bonds is 5. The van der Waals surface area contributed by atoms with E-state index in [-0.39, 0.29) is 30.1 Å². The Kier molecular flexibility index (Phi) is 7.47. The molecule has 26 heavy (non-hydrogen) atoms. The Morgan fingerprint density at radius 3 is 2.42 bits per heavy atom. The van der Waals surface area contributed by atoms with Gasteiger partial charge in [-0.3, -0.25) is 9.59 Å². The summed E-state index contributed by atoms with van der Waals surface area (Å²) in [6.45, 7) is 5.73. The number of anilines is 1. The molecule has 5 nitrogen and oxygen atoms in total. The third kappa shape index (κ3) is 4.98. The van der Waals surface area contributed by atoms with Crippen LogP contribution in [0.3, 0.4) is 0 Å². The van der Waals surface area contributed by atoms with Crippen LogP contribution < -0.4 is 16.0 Å². The molecule has 144 valence electrons. The molecule has 0 radical (unpaired) electrons. The Balaban J connectivity index is 0.00000243. The molecule has 1 aliphatic heterocycles. The van der Waals surface area contributed by atoms with Gasteiger partial charge in [-0.15, -0.1) is 12.4 Å². The second-order valence-corrected chi connectivity index (χ2v) is 7.53. The number of carbonyl (C=O) groups excluding carboxylic acids is 2. The summed E-state index contributed by atoms with van der Waals surface area (Å²) >= 11 is 0. The van der Waals surface area contributed by atoms with Crippen molar-refractivity contribution < 1.29 is 9.59 Å². The van der Waals surface area contributed by atoms with E-state index in [0.29, 0.717) is 17.5 Å². The van der Waals surface area contributed by atoms with E-state index in [0.717, 1.165) is 37.2 Å². The smallest absolute Gasteiger partial charge is 0.251 e. The summed E-state index contributed by atoms with van der Waals surface area (Å²) in [4.78, 5) is 24.8. The van der Waals surface area contributed by atoms with E-state index >= 15 is 0 Å². The first-order valence-corrected chi connectivity index (χ1v) is 9.47. The fourth-order valence-corrected chi connectivity index (χ4v) is 3.59. The van der Waals surface area contributed by atoms with Crippen LogP contribution in [0, 0.1) is 18.8 Å². The first kappa shape index (κ1) is 20.7. The van der Waals surface area contributed by atoms with Gasteiger partial charge < -0.3 is 16.0 Å². The number of amides is 2. The number of nitrogens with one attached hydrogen (secondary N) is 3. The minimum atomic E-state index is -0.0122. The van der Waals surface area contributed by atoms with Gasteiger partial charge in [0.15, 0.2) is 0 Å². The van der Waals surface area contributed by atoms with E-state index < -0.39 is 0 Å². The van der Waals surface area contributed by atoms with Gasteiger partial charge >= 0.3 is 0 Å². The van der Waals surface area contributed by atoms with Gasteiger partial charge in [-0.1, -0.05) is 26.2 Å². The maximum absolute atomic E-state index is 12.4. The van der Waals surface area contributed by atoms with E-state index in [1.807, 2.05) is 26.0 Å². The zero-order valence-electron chi connectivity index (χ0n) is 15.6. The standard InChI is InChI=1S/C20H29N3O2.ClH/c1-13-10-15(20(25)22-17-6-4-3-5-7-17)8-9-18(13)23-19(24)14(2)16-11-21-12-16;/h8-10,14,16-17,21H,3-7,11-12H2,1-2H3,(H,22,25)(H,23,24);1H. The highest BCUT2D eigenvalue weighted by molar-refractivity contribution is 5.97. The molecule has 6 heteroatoms. The van der Waals surface area contributed by atoms with Crippen LogP contribution in [0.5, 0.6) is 0 Å². The minimum Gasteiger partial charge on any atom is -0.349 e. The van der Waals surface area contributed by atoms with Gasteiger partial charge in [-0.2, -0.15) is 0 Å². The van der Waals surface area contributed by atoms with Gasteiger partial charge in [0.05, 0.1) is 0 Å². The molecule has 1 saturated heterocycles. The first-order chi connectivity index (χ1) is 12.0. The quantitative estimate of drug-likeness (QED) is 0.735. The van der Waals surface area contributed by atoms with Gasteiger partial charge in [-0.05, 0) is 62.5 Å². The van der Waals surface area contributed by atoms with Crippen LogP contribution in [0.25, 0.3) is 0 Å². The summed E-state index contributed by atoms with van der Waals surface area (Å²) in [6.07, 6.45) is 5.82. The van der Waals surface area contributed by atoms with E-state index in [1.54, 1.807) is 6.07 Å². The number of benzene rings is 1. The monoisotopic (exact) mass is 379 g/mol. The minimum absolute atomic E-state index is 0. The number of halogens is 1. The van der Waals surface area contributed by atoms with Gasteiger partial charge in [0.1, 0.15) is 0 Å². The van der Waals surface area contributed by atoms with Crippen molar-refractivity contribution in [1.29, 1.82) is 0 Å². The molecule has 2 amide bonds. The van der Waals surface area contributed by atoms with Crippen molar-refractivity contribution in [1.82, 2.24) is 10.6 Å². The SMILES string of the molecule is Cc1cc(C(=O)NC2CCCCC2)ccc1NC(=O)C(C)C1CNC1.Cl. The second kappa shape index (κ2) is 9.38. The van der Waals surface area contributed by atoms with Crippen LogP contribution >= 0.6 is 12.4 Å². The molecule has 3 rings (SSSR count). The van der Waals surface area contributed by atoms with Crippen LogP contribution in [-0.4, -0.2) is 30.9 Å². The van der Waals surface area contributed by atoms with Gasteiger partial charge in [-0.25, -0.2) is 0 Å².